The van der Waals surface area contributed by atoms with Crippen molar-refractivity contribution < 1.29 is 27.9 Å². The van der Waals surface area contributed by atoms with Gasteiger partial charge in [-0.3, -0.25) is 14.6 Å². The molecule has 0 aromatic rings. The van der Waals surface area contributed by atoms with Crippen molar-refractivity contribution in [1.29, 1.82) is 0 Å². The van der Waals surface area contributed by atoms with E-state index in [1.165, 1.54) is 23.7 Å². The van der Waals surface area contributed by atoms with Gasteiger partial charge in [0.25, 0.3) is 0 Å². The Bertz CT molecular complexity index is 805. The number of aliphatic carboxylic acids is 1. The monoisotopic (exact) mass is 392 g/mol. The third kappa shape index (κ3) is 2.98. The van der Waals surface area contributed by atoms with Crippen LogP contribution >= 0.6 is 23.5 Å². The van der Waals surface area contributed by atoms with Crippen LogP contribution in [0.25, 0.3) is 0 Å². The minimum atomic E-state index is -4.09. The Morgan fingerprint density at radius 3 is 2.83 bits per heavy atom. The summed E-state index contributed by atoms with van der Waals surface area (Å²) in [5, 5.41) is 9.18. The van der Waals surface area contributed by atoms with E-state index in [0.717, 1.165) is 16.7 Å². The van der Waals surface area contributed by atoms with Crippen molar-refractivity contribution in [3.8, 4) is 0 Å². The number of rotatable bonds is 3. The largest absolute Gasteiger partial charge is 0.477 e. The van der Waals surface area contributed by atoms with Crippen molar-refractivity contribution in [3.05, 3.63) is 11.3 Å². The lowest BCUT2D eigenvalue weighted by molar-refractivity contribution is -0.146. The van der Waals surface area contributed by atoms with E-state index in [0.29, 0.717) is 17.7 Å². The Hall–Kier alpha value is -1.73. The molecule has 1 saturated heterocycles. The molecule has 1 fully saturated rings. The van der Waals surface area contributed by atoms with Gasteiger partial charge in [0.2, 0.25) is 5.91 Å². The van der Waals surface area contributed by atoms with Crippen LogP contribution in [0.1, 0.15) is 6.42 Å². The molecule has 0 bridgehead atoms. The van der Waals surface area contributed by atoms with E-state index < -0.39 is 22.2 Å². The van der Waals surface area contributed by atoms with E-state index in [2.05, 4.69) is 4.40 Å². The van der Waals surface area contributed by atoms with Gasteiger partial charge >= 0.3 is 22.2 Å². The number of β-lactam (4-membered cyclic amide) rings is 1. The lowest BCUT2D eigenvalue weighted by Crippen LogP contribution is -2.54. The Kier molecular flexibility index (Phi) is 4.25. The average molecular weight is 392 g/mol. The summed E-state index contributed by atoms with van der Waals surface area (Å²) in [6, 6.07) is -0.837. The molecular formula is C11H12N4O6S3. The molecule has 0 unspecified atom stereocenters. The van der Waals surface area contributed by atoms with Crippen molar-refractivity contribution in [2.45, 2.75) is 11.8 Å². The molecule has 0 radical (unpaired) electrons. The number of amidine groups is 1. The quantitative estimate of drug-likeness (QED) is 0.620. The first-order chi connectivity index (χ1) is 11.2. The molecule has 3 heterocycles. The van der Waals surface area contributed by atoms with Crippen molar-refractivity contribution in [2.75, 3.05) is 18.6 Å². The van der Waals surface area contributed by atoms with Crippen LogP contribution in [0.3, 0.4) is 0 Å². The van der Waals surface area contributed by atoms with Gasteiger partial charge in [0.05, 0.1) is 11.8 Å². The fourth-order valence-electron chi connectivity index (χ4n) is 2.32. The molecular weight excluding hydrogens is 380 g/mol. The lowest BCUT2D eigenvalue weighted by atomic mass is 10.1. The number of carboxylic acid groups (broad SMARTS) is 1. The maximum Gasteiger partial charge on any atom is 0.352 e. The minimum absolute atomic E-state index is 0.0574. The predicted octanol–water partition coefficient (Wildman–Crippen LogP) is -0.381. The van der Waals surface area contributed by atoms with Crippen molar-refractivity contribution in [3.63, 3.8) is 0 Å². The van der Waals surface area contributed by atoms with Crippen LogP contribution in [0, 0.1) is 0 Å². The Labute approximate surface area is 145 Å². The van der Waals surface area contributed by atoms with E-state index in [1.807, 2.05) is 0 Å². The molecule has 130 valence electrons. The number of hydrogen-bond acceptors (Lipinski definition) is 7. The zero-order chi connectivity index (χ0) is 17.6. The first-order valence-electron chi connectivity index (χ1n) is 6.62. The first kappa shape index (κ1) is 17.1. The van der Waals surface area contributed by atoms with Gasteiger partial charge in [-0.25, -0.2) is 14.3 Å². The first-order valence-corrected chi connectivity index (χ1v) is 10.1. The molecule has 3 aliphatic heterocycles. The second-order valence-electron chi connectivity index (χ2n) is 5.09. The Balaban J connectivity index is 1.83. The molecule has 2 N–H and O–H groups in total. The SMILES string of the molecule is CN1C(=O)NS(=O)(=O)N=C1SCC1=C(C(=O)O)N2C(=O)C[C@H]2SC1. The lowest BCUT2D eigenvalue weighted by Gasteiger charge is -2.44. The van der Waals surface area contributed by atoms with Gasteiger partial charge in [-0.2, -0.15) is 8.42 Å². The second-order valence-corrected chi connectivity index (χ2v) is 8.54. The van der Waals surface area contributed by atoms with Gasteiger partial charge in [0.1, 0.15) is 5.70 Å². The molecule has 3 aliphatic rings. The zero-order valence-electron chi connectivity index (χ0n) is 12.3. The Morgan fingerprint density at radius 2 is 2.21 bits per heavy atom. The summed E-state index contributed by atoms with van der Waals surface area (Å²) in [4.78, 5) is 37.0. The number of fused-ring (bicyclic) bond motifs is 1. The molecule has 0 aliphatic carbocycles. The molecule has 3 rings (SSSR count). The highest BCUT2D eigenvalue weighted by molar-refractivity contribution is 8.14. The van der Waals surface area contributed by atoms with Crippen LogP contribution in [0.5, 0.6) is 0 Å². The van der Waals surface area contributed by atoms with Crippen molar-refractivity contribution in [2.24, 2.45) is 4.40 Å². The van der Waals surface area contributed by atoms with Gasteiger partial charge in [-0.1, -0.05) is 11.8 Å². The van der Waals surface area contributed by atoms with Crippen LogP contribution in [0.2, 0.25) is 0 Å². The summed E-state index contributed by atoms with van der Waals surface area (Å²) in [7, 11) is -2.74. The molecule has 10 nitrogen and oxygen atoms in total. The van der Waals surface area contributed by atoms with Gasteiger partial charge < -0.3 is 5.11 Å². The summed E-state index contributed by atoms with van der Waals surface area (Å²) >= 11 is 2.38. The van der Waals surface area contributed by atoms with Gasteiger partial charge in [0, 0.05) is 18.6 Å². The number of nitrogens with zero attached hydrogens (tertiary/aromatic N) is 3. The fourth-order valence-corrected chi connectivity index (χ4v) is 5.77. The number of carbonyl (C=O) groups excluding carboxylic acids is 2. The number of carboxylic acids is 1. The van der Waals surface area contributed by atoms with E-state index in [1.54, 1.807) is 4.72 Å². The molecule has 0 saturated carbocycles. The van der Waals surface area contributed by atoms with Crippen molar-refractivity contribution >= 4 is 56.8 Å². The minimum Gasteiger partial charge on any atom is -0.477 e. The summed E-state index contributed by atoms with van der Waals surface area (Å²) in [6.45, 7) is 0. The van der Waals surface area contributed by atoms with Crippen LogP contribution < -0.4 is 4.72 Å². The zero-order valence-corrected chi connectivity index (χ0v) is 14.7. The highest BCUT2D eigenvalue weighted by Crippen LogP contribution is 2.40. The molecule has 0 spiro atoms. The number of thioether (sulfide) groups is 2. The summed E-state index contributed by atoms with van der Waals surface area (Å²) < 4.78 is 28.1. The molecule has 1 atom stereocenters. The van der Waals surface area contributed by atoms with E-state index in [-0.39, 0.29) is 27.9 Å². The molecule has 13 heteroatoms. The summed E-state index contributed by atoms with van der Waals surface area (Å²) in [6.07, 6.45) is 0.315. The maximum atomic E-state index is 11.7. The second kappa shape index (κ2) is 5.97. The summed E-state index contributed by atoms with van der Waals surface area (Å²) in [5.74, 6) is -0.926. The third-order valence-electron chi connectivity index (χ3n) is 3.52. The number of nitrogens with one attached hydrogen (secondary N) is 1. The standard InChI is InChI=1S/C11H12N4O6S3/c1-14-10(19)12-24(20,21)13-11(14)23-4-5-3-22-7-2-6(16)15(7)8(5)9(17)18/h7H,2-4H2,1H3,(H,12,19)(H,17,18)/t7-/m1/s1. The molecule has 24 heavy (non-hydrogen) atoms. The van der Waals surface area contributed by atoms with E-state index >= 15 is 0 Å². The van der Waals surface area contributed by atoms with Crippen LogP contribution in [-0.2, 0) is 19.8 Å². The third-order valence-corrected chi connectivity index (χ3v) is 6.87. The summed E-state index contributed by atoms with van der Waals surface area (Å²) in [5.41, 5.74) is 0.426. The van der Waals surface area contributed by atoms with Gasteiger partial charge in [0.15, 0.2) is 5.17 Å². The van der Waals surface area contributed by atoms with E-state index in [9.17, 15) is 27.9 Å². The van der Waals surface area contributed by atoms with Crippen LogP contribution in [0.15, 0.2) is 15.7 Å². The normalized spacial score (nSPS) is 25.7. The highest BCUT2D eigenvalue weighted by atomic mass is 32.2. The van der Waals surface area contributed by atoms with Crippen molar-refractivity contribution in [1.82, 2.24) is 14.5 Å². The van der Waals surface area contributed by atoms with Crippen LogP contribution in [-0.4, -0.2) is 70.3 Å². The average Bonchev–Trinajstić information content (AvgIpc) is 2.47. The predicted molar refractivity (Wildman–Crippen MR) is 87.5 cm³/mol. The number of amides is 3. The van der Waals surface area contributed by atoms with Crippen LogP contribution in [0.4, 0.5) is 4.79 Å². The maximum absolute atomic E-state index is 11.7. The molecule has 0 aromatic carbocycles. The number of carbonyl (C=O) groups is 3. The number of urea groups is 1. The topological polar surface area (TPSA) is 136 Å². The molecule has 3 amide bonds. The fraction of sp³-hybridized carbons (Fsp3) is 0.455. The molecule has 0 aromatic heterocycles. The highest BCUT2D eigenvalue weighted by Gasteiger charge is 2.45. The number of hydrogen-bond donors (Lipinski definition) is 2. The Morgan fingerprint density at radius 1 is 1.50 bits per heavy atom. The van der Waals surface area contributed by atoms with Gasteiger partial charge in [-0.05, 0) is 5.57 Å². The van der Waals surface area contributed by atoms with Gasteiger partial charge in [-0.15, -0.1) is 16.2 Å². The smallest absolute Gasteiger partial charge is 0.352 e. The van der Waals surface area contributed by atoms with E-state index in [4.69, 9.17) is 0 Å².